The van der Waals surface area contributed by atoms with Crippen LogP contribution < -0.4 is 0 Å². The third kappa shape index (κ3) is 2.83. The molecular weight excluding hydrogens is 200 g/mol. The molecular formula is C14H10O2. The van der Waals surface area contributed by atoms with E-state index in [-0.39, 0.29) is 11.6 Å². The second-order valence-corrected chi connectivity index (χ2v) is 2.99. The number of rotatable bonds is 2. The summed E-state index contributed by atoms with van der Waals surface area (Å²) in [7, 11) is 0. The summed E-state index contributed by atoms with van der Waals surface area (Å²) in [5.74, 6) is 9.44. The van der Waals surface area contributed by atoms with E-state index < -0.39 is 0 Å². The van der Waals surface area contributed by atoms with E-state index in [9.17, 15) is 9.59 Å². The summed E-state index contributed by atoms with van der Waals surface area (Å²) in [6.45, 7) is 3.21. The Morgan fingerprint density at radius 2 is 1.12 bits per heavy atom. The van der Waals surface area contributed by atoms with E-state index in [1.165, 1.54) is 0 Å². The topological polar surface area (TPSA) is 34.1 Å². The van der Waals surface area contributed by atoms with E-state index in [1.54, 1.807) is 38.1 Å². The van der Waals surface area contributed by atoms with Crippen molar-refractivity contribution in [2.45, 2.75) is 13.8 Å². The second-order valence-electron chi connectivity index (χ2n) is 2.99. The first-order chi connectivity index (χ1) is 7.69. The minimum atomic E-state index is -0.247. The summed E-state index contributed by atoms with van der Waals surface area (Å²) in [5, 5.41) is 0. The first-order valence-electron chi connectivity index (χ1n) is 4.73. The maximum absolute atomic E-state index is 11.4. The third-order valence-electron chi connectivity index (χ3n) is 1.89. The minimum absolute atomic E-state index is 0.247. The Morgan fingerprint density at radius 1 is 0.812 bits per heavy atom. The fourth-order valence-corrected chi connectivity index (χ4v) is 1.14. The van der Waals surface area contributed by atoms with Gasteiger partial charge in [-0.2, -0.15) is 0 Å². The molecule has 0 aliphatic rings. The average molecular weight is 210 g/mol. The fraction of sp³-hybridized carbons (Fsp3) is 0.143. The highest BCUT2D eigenvalue weighted by Gasteiger charge is 2.05. The molecule has 2 nitrogen and oxygen atoms in total. The number of hydrogen-bond acceptors (Lipinski definition) is 2. The zero-order valence-electron chi connectivity index (χ0n) is 9.13. The molecule has 0 unspecified atom stereocenters. The first-order valence-corrected chi connectivity index (χ1v) is 4.73. The van der Waals surface area contributed by atoms with Crippen LogP contribution in [0.3, 0.4) is 0 Å². The summed E-state index contributed by atoms with van der Waals surface area (Å²) < 4.78 is 0. The van der Waals surface area contributed by atoms with Gasteiger partial charge in [0.05, 0.1) is 0 Å². The molecule has 0 N–H and O–H groups in total. The van der Waals surface area contributed by atoms with E-state index in [4.69, 9.17) is 0 Å². The highest BCUT2D eigenvalue weighted by molar-refractivity contribution is 6.11. The molecule has 78 valence electrons. The molecule has 0 heterocycles. The van der Waals surface area contributed by atoms with Crippen molar-refractivity contribution in [2.75, 3.05) is 0 Å². The smallest absolute Gasteiger partial charge is 0.235 e. The number of hydrogen-bond donors (Lipinski definition) is 0. The van der Waals surface area contributed by atoms with Crippen molar-refractivity contribution < 1.29 is 9.59 Å². The van der Waals surface area contributed by atoms with Gasteiger partial charge in [-0.25, -0.2) is 0 Å². The van der Waals surface area contributed by atoms with E-state index in [0.29, 0.717) is 11.1 Å². The summed E-state index contributed by atoms with van der Waals surface area (Å²) >= 11 is 0. The molecule has 1 aromatic rings. The van der Waals surface area contributed by atoms with Gasteiger partial charge in [-0.3, -0.25) is 9.59 Å². The predicted molar refractivity (Wildman–Crippen MR) is 62.0 cm³/mol. The molecule has 0 fully saturated rings. The Balaban J connectivity index is 2.97. The van der Waals surface area contributed by atoms with Crippen LogP contribution in [0.2, 0.25) is 0 Å². The van der Waals surface area contributed by atoms with Gasteiger partial charge < -0.3 is 0 Å². The van der Waals surface area contributed by atoms with Crippen molar-refractivity contribution in [3.8, 4) is 23.7 Å². The van der Waals surface area contributed by atoms with Crippen LogP contribution in [0.5, 0.6) is 0 Å². The van der Waals surface area contributed by atoms with Crippen LogP contribution >= 0.6 is 0 Å². The maximum Gasteiger partial charge on any atom is 0.235 e. The van der Waals surface area contributed by atoms with E-state index in [0.717, 1.165) is 0 Å². The van der Waals surface area contributed by atoms with Gasteiger partial charge in [-0.15, -0.1) is 0 Å². The van der Waals surface area contributed by atoms with Crippen molar-refractivity contribution >= 4 is 11.6 Å². The normalized spacial score (nSPS) is 8.12. The van der Waals surface area contributed by atoms with Gasteiger partial charge in [-0.1, -0.05) is 11.8 Å². The zero-order chi connectivity index (χ0) is 12.0. The zero-order valence-corrected chi connectivity index (χ0v) is 9.13. The molecule has 0 aliphatic carbocycles. The van der Waals surface area contributed by atoms with Crippen molar-refractivity contribution in [1.82, 2.24) is 0 Å². The minimum Gasteiger partial charge on any atom is -0.279 e. The number of Topliss-reactive ketones (excluding diaryl/α,β-unsaturated/α-hetero) is 2. The number of benzene rings is 1. The molecule has 16 heavy (non-hydrogen) atoms. The van der Waals surface area contributed by atoms with Gasteiger partial charge >= 0.3 is 0 Å². The van der Waals surface area contributed by atoms with Crippen LogP contribution in [-0.2, 0) is 0 Å². The van der Waals surface area contributed by atoms with Gasteiger partial charge in [0.1, 0.15) is 0 Å². The molecule has 0 saturated carbocycles. The lowest BCUT2D eigenvalue weighted by atomic mass is 10.1. The van der Waals surface area contributed by atoms with E-state index in [1.807, 2.05) is 0 Å². The molecule has 0 radical (unpaired) electrons. The van der Waals surface area contributed by atoms with Crippen molar-refractivity contribution in [1.29, 1.82) is 0 Å². The Bertz CT molecular complexity index is 477. The van der Waals surface area contributed by atoms with Gasteiger partial charge in [0.15, 0.2) is 0 Å². The monoisotopic (exact) mass is 210 g/mol. The van der Waals surface area contributed by atoms with Crippen LogP contribution in [-0.4, -0.2) is 11.6 Å². The Morgan fingerprint density at radius 3 is 1.38 bits per heavy atom. The van der Waals surface area contributed by atoms with Gasteiger partial charge in [0, 0.05) is 11.1 Å². The molecule has 0 amide bonds. The van der Waals surface area contributed by atoms with Crippen LogP contribution in [0.1, 0.15) is 34.6 Å². The molecule has 0 saturated heterocycles. The fourth-order valence-electron chi connectivity index (χ4n) is 1.14. The highest BCUT2D eigenvalue weighted by atomic mass is 16.1. The van der Waals surface area contributed by atoms with Gasteiger partial charge in [0.2, 0.25) is 11.6 Å². The van der Waals surface area contributed by atoms with Crippen molar-refractivity contribution in [3.63, 3.8) is 0 Å². The Hall–Kier alpha value is -2.32. The van der Waals surface area contributed by atoms with Crippen LogP contribution in [0.25, 0.3) is 0 Å². The van der Waals surface area contributed by atoms with Crippen LogP contribution in [0, 0.1) is 23.7 Å². The number of ketones is 2. The SMILES string of the molecule is CC#CC(=O)c1ccc(C(=O)C#CC)cc1. The number of carbonyl (C=O) groups excluding carboxylic acids is 2. The molecule has 0 aromatic heterocycles. The summed E-state index contributed by atoms with van der Waals surface area (Å²) in [6.07, 6.45) is 0. The molecule has 0 aliphatic heterocycles. The quantitative estimate of drug-likeness (QED) is 0.425. The van der Waals surface area contributed by atoms with Crippen molar-refractivity contribution in [3.05, 3.63) is 35.4 Å². The summed E-state index contributed by atoms with van der Waals surface area (Å²) in [6, 6.07) is 6.32. The first kappa shape index (κ1) is 11.8. The van der Waals surface area contributed by atoms with E-state index in [2.05, 4.69) is 23.7 Å². The highest BCUT2D eigenvalue weighted by Crippen LogP contribution is 2.05. The van der Waals surface area contributed by atoms with Crippen LogP contribution in [0.15, 0.2) is 24.3 Å². The largest absolute Gasteiger partial charge is 0.279 e. The summed E-state index contributed by atoms with van der Waals surface area (Å²) in [5.41, 5.74) is 0.964. The van der Waals surface area contributed by atoms with Crippen LogP contribution in [0.4, 0.5) is 0 Å². The Labute approximate surface area is 94.7 Å². The second kappa shape index (κ2) is 5.53. The van der Waals surface area contributed by atoms with Gasteiger partial charge in [-0.05, 0) is 50.0 Å². The lowest BCUT2D eigenvalue weighted by Gasteiger charge is -1.96. The molecule has 0 atom stereocenters. The molecule has 1 rings (SSSR count). The standard InChI is InChI=1S/C14H10O2/c1-3-5-13(15)11-7-9-12(10-8-11)14(16)6-4-2/h7-10H,1-2H3. The average Bonchev–Trinajstić information content (AvgIpc) is 2.30. The number of carbonyl (C=O) groups is 2. The maximum atomic E-state index is 11.4. The third-order valence-corrected chi connectivity index (χ3v) is 1.89. The Kier molecular flexibility index (Phi) is 4.07. The predicted octanol–water partition coefficient (Wildman–Crippen LogP) is 2.10. The lowest BCUT2D eigenvalue weighted by Crippen LogP contribution is -1.98. The van der Waals surface area contributed by atoms with E-state index >= 15 is 0 Å². The van der Waals surface area contributed by atoms with Crippen molar-refractivity contribution in [2.24, 2.45) is 0 Å². The van der Waals surface area contributed by atoms with Gasteiger partial charge in [0.25, 0.3) is 0 Å². The lowest BCUT2D eigenvalue weighted by molar-refractivity contribution is 0.104. The molecule has 0 bridgehead atoms. The molecule has 2 heteroatoms. The molecule has 0 spiro atoms. The molecule has 1 aromatic carbocycles. The summed E-state index contributed by atoms with van der Waals surface area (Å²) in [4.78, 5) is 22.7.